The van der Waals surface area contributed by atoms with Gasteiger partial charge in [0.25, 0.3) is 0 Å². The molecule has 8 heteroatoms. The summed E-state index contributed by atoms with van der Waals surface area (Å²) in [7, 11) is 0. The number of amides is 4. The maximum atomic E-state index is 12.8. The van der Waals surface area contributed by atoms with Crippen molar-refractivity contribution < 1.29 is 23.5 Å². The van der Waals surface area contributed by atoms with Crippen LogP contribution in [-0.4, -0.2) is 48.2 Å². The molecule has 7 nitrogen and oxygen atoms in total. The highest BCUT2D eigenvalue weighted by Crippen LogP contribution is 2.19. The molecule has 1 atom stereocenters. The Kier molecular flexibility index (Phi) is 5.21. The van der Waals surface area contributed by atoms with E-state index >= 15 is 0 Å². The third-order valence-corrected chi connectivity index (χ3v) is 3.80. The van der Waals surface area contributed by atoms with Crippen molar-refractivity contribution in [3.05, 3.63) is 54.4 Å². The number of ether oxygens (including phenoxy) is 1. The molecule has 1 unspecified atom stereocenters. The van der Waals surface area contributed by atoms with Crippen LogP contribution in [-0.2, 0) is 9.59 Å². The SMILES string of the molecule is O=C(CN1C(=O)N=C2C=CC=CC2C1=O)NCCOc1ccc(F)cc1. The number of carbonyl (C=O) groups is 3. The number of carbonyl (C=O) groups excluding carboxylic acids is 3. The number of imide groups is 1. The third-order valence-electron chi connectivity index (χ3n) is 3.80. The van der Waals surface area contributed by atoms with Crippen molar-refractivity contribution in [2.45, 2.75) is 0 Å². The maximum Gasteiger partial charge on any atom is 0.351 e. The molecule has 4 amide bonds. The number of benzene rings is 1. The van der Waals surface area contributed by atoms with Crippen LogP contribution in [0.3, 0.4) is 0 Å². The first-order valence-electron chi connectivity index (χ1n) is 7.98. The lowest BCUT2D eigenvalue weighted by Crippen LogP contribution is -2.50. The van der Waals surface area contributed by atoms with E-state index in [9.17, 15) is 18.8 Å². The molecule has 1 aromatic rings. The molecule has 0 spiro atoms. The number of nitrogens with one attached hydrogen (secondary N) is 1. The molecule has 0 saturated carbocycles. The van der Waals surface area contributed by atoms with Crippen molar-refractivity contribution in [2.75, 3.05) is 19.7 Å². The van der Waals surface area contributed by atoms with Gasteiger partial charge in [0.15, 0.2) is 0 Å². The van der Waals surface area contributed by atoms with E-state index in [1.165, 1.54) is 24.3 Å². The Morgan fingerprint density at radius 1 is 1.23 bits per heavy atom. The number of aliphatic imine (C=N–C) groups is 1. The summed E-state index contributed by atoms with van der Waals surface area (Å²) in [6.45, 7) is -0.0657. The second kappa shape index (κ2) is 7.73. The number of halogens is 1. The van der Waals surface area contributed by atoms with E-state index in [4.69, 9.17) is 4.74 Å². The first kappa shape index (κ1) is 17.5. The number of hydrogen-bond acceptors (Lipinski definition) is 4. The summed E-state index contributed by atoms with van der Waals surface area (Å²) in [4.78, 5) is 41.0. The van der Waals surface area contributed by atoms with E-state index in [2.05, 4.69) is 10.3 Å². The molecular weight excluding hydrogens is 341 g/mol. The van der Waals surface area contributed by atoms with E-state index in [-0.39, 0.29) is 19.0 Å². The summed E-state index contributed by atoms with van der Waals surface area (Å²) in [5.74, 6) is -1.49. The van der Waals surface area contributed by atoms with Gasteiger partial charge >= 0.3 is 6.03 Å². The lowest BCUT2D eigenvalue weighted by molar-refractivity contribution is -0.134. The Labute approximate surface area is 148 Å². The quantitative estimate of drug-likeness (QED) is 0.781. The number of rotatable bonds is 6. The van der Waals surface area contributed by atoms with Crippen molar-refractivity contribution >= 4 is 23.6 Å². The van der Waals surface area contributed by atoms with Crippen molar-refractivity contribution in [3.8, 4) is 5.75 Å². The molecule has 1 heterocycles. The van der Waals surface area contributed by atoms with E-state index in [1.54, 1.807) is 24.3 Å². The number of urea groups is 1. The summed E-state index contributed by atoms with van der Waals surface area (Å²) in [6, 6.07) is 4.74. The zero-order valence-electron chi connectivity index (χ0n) is 13.7. The minimum Gasteiger partial charge on any atom is -0.492 e. The summed E-state index contributed by atoms with van der Waals surface area (Å²) < 4.78 is 18.1. The molecule has 1 N–H and O–H groups in total. The van der Waals surface area contributed by atoms with Gasteiger partial charge in [-0.05, 0) is 30.3 Å². The van der Waals surface area contributed by atoms with Crippen molar-refractivity contribution in [2.24, 2.45) is 10.9 Å². The van der Waals surface area contributed by atoms with Crippen LogP contribution in [0.5, 0.6) is 5.75 Å². The first-order valence-corrected chi connectivity index (χ1v) is 7.98. The molecule has 0 saturated heterocycles. The van der Waals surface area contributed by atoms with Crippen LogP contribution in [0.25, 0.3) is 0 Å². The molecule has 134 valence electrons. The van der Waals surface area contributed by atoms with Crippen LogP contribution in [0.4, 0.5) is 9.18 Å². The Balaban J connectivity index is 1.47. The largest absolute Gasteiger partial charge is 0.492 e. The average Bonchev–Trinajstić information content (AvgIpc) is 2.64. The first-order chi connectivity index (χ1) is 12.5. The second-order valence-corrected chi connectivity index (χ2v) is 5.62. The minimum atomic E-state index is -0.751. The zero-order chi connectivity index (χ0) is 18.5. The van der Waals surface area contributed by atoms with Gasteiger partial charge in [0, 0.05) is 0 Å². The highest BCUT2D eigenvalue weighted by molar-refractivity contribution is 6.22. The Morgan fingerprint density at radius 3 is 2.77 bits per heavy atom. The van der Waals surface area contributed by atoms with Crippen molar-refractivity contribution in [3.63, 3.8) is 0 Å². The molecule has 2 aliphatic rings. The average molecular weight is 357 g/mol. The van der Waals surface area contributed by atoms with Crippen molar-refractivity contribution in [1.29, 1.82) is 0 Å². The van der Waals surface area contributed by atoms with Gasteiger partial charge in [0.1, 0.15) is 24.7 Å². The van der Waals surface area contributed by atoms with Crippen LogP contribution in [0, 0.1) is 11.7 Å². The van der Waals surface area contributed by atoms with Crippen LogP contribution < -0.4 is 10.1 Å². The molecule has 0 aromatic heterocycles. The minimum absolute atomic E-state index is 0.164. The second-order valence-electron chi connectivity index (χ2n) is 5.62. The molecular formula is C18H16FN3O4. The molecule has 1 aliphatic carbocycles. The molecule has 0 bridgehead atoms. The van der Waals surface area contributed by atoms with Crippen molar-refractivity contribution in [1.82, 2.24) is 10.2 Å². The molecule has 0 radical (unpaired) electrons. The summed E-state index contributed by atoms with van der Waals surface area (Å²) >= 11 is 0. The highest BCUT2D eigenvalue weighted by atomic mass is 19.1. The predicted octanol–water partition coefficient (Wildman–Crippen LogP) is 1.47. The number of hydrogen-bond donors (Lipinski definition) is 1. The van der Waals surface area contributed by atoms with Crippen LogP contribution in [0.2, 0.25) is 0 Å². The number of fused-ring (bicyclic) bond motifs is 1. The van der Waals surface area contributed by atoms with Gasteiger partial charge in [0.2, 0.25) is 11.8 Å². The Morgan fingerprint density at radius 2 is 2.00 bits per heavy atom. The number of nitrogens with zero attached hydrogens (tertiary/aromatic N) is 2. The van der Waals surface area contributed by atoms with Gasteiger partial charge in [-0.2, -0.15) is 4.99 Å². The molecule has 3 rings (SSSR count). The van der Waals surface area contributed by atoms with Gasteiger partial charge in [-0.25, -0.2) is 9.18 Å². The molecule has 1 aromatic carbocycles. The lowest BCUT2D eigenvalue weighted by Gasteiger charge is -2.27. The fourth-order valence-corrected chi connectivity index (χ4v) is 2.52. The number of allylic oxidation sites excluding steroid dienone is 3. The topological polar surface area (TPSA) is 88.1 Å². The van der Waals surface area contributed by atoms with Crippen LogP contribution in [0.1, 0.15) is 0 Å². The van der Waals surface area contributed by atoms with Crippen LogP contribution in [0.15, 0.2) is 53.6 Å². The molecule has 0 fully saturated rings. The fraction of sp³-hybridized carbons (Fsp3) is 0.222. The van der Waals surface area contributed by atoms with Gasteiger partial charge in [0.05, 0.1) is 18.2 Å². The van der Waals surface area contributed by atoms with E-state index in [1.807, 2.05) is 0 Å². The summed E-state index contributed by atoms with van der Waals surface area (Å²) in [5, 5.41) is 2.56. The van der Waals surface area contributed by atoms with E-state index in [0.29, 0.717) is 11.5 Å². The van der Waals surface area contributed by atoms with Gasteiger partial charge in [-0.1, -0.05) is 18.2 Å². The van der Waals surface area contributed by atoms with Gasteiger partial charge in [-0.15, -0.1) is 0 Å². The molecule has 1 aliphatic heterocycles. The smallest absolute Gasteiger partial charge is 0.351 e. The monoisotopic (exact) mass is 357 g/mol. The summed E-state index contributed by atoms with van der Waals surface area (Å²) in [5.41, 5.74) is 0.381. The van der Waals surface area contributed by atoms with E-state index in [0.717, 1.165) is 4.90 Å². The maximum absolute atomic E-state index is 12.8. The Bertz CT molecular complexity index is 814. The van der Waals surface area contributed by atoms with Crippen LogP contribution >= 0.6 is 0 Å². The predicted molar refractivity (Wildman–Crippen MR) is 91.2 cm³/mol. The lowest BCUT2D eigenvalue weighted by atomic mass is 9.95. The highest BCUT2D eigenvalue weighted by Gasteiger charge is 2.36. The van der Waals surface area contributed by atoms with E-state index < -0.39 is 30.3 Å². The normalized spacial score (nSPS) is 18.4. The van der Waals surface area contributed by atoms with Gasteiger partial charge < -0.3 is 10.1 Å². The fourth-order valence-electron chi connectivity index (χ4n) is 2.52. The standard InChI is InChI=1S/C18H16FN3O4/c19-12-5-7-13(8-6-12)26-10-9-20-16(23)11-22-17(24)14-3-1-2-4-15(14)21-18(22)25/h1-8,14H,9-11H2,(H,20,23). The molecule has 26 heavy (non-hydrogen) atoms. The van der Waals surface area contributed by atoms with Gasteiger partial charge in [-0.3, -0.25) is 14.5 Å². The zero-order valence-corrected chi connectivity index (χ0v) is 13.7. The summed E-state index contributed by atoms with van der Waals surface area (Å²) in [6.07, 6.45) is 6.63. The third kappa shape index (κ3) is 4.02. The Hall–Kier alpha value is -3.29.